The summed E-state index contributed by atoms with van der Waals surface area (Å²) >= 11 is 5.93. The molecule has 2 heterocycles. The third-order valence-corrected chi connectivity index (χ3v) is 4.27. The lowest BCUT2D eigenvalue weighted by atomic mass is 10.00. The van der Waals surface area contributed by atoms with E-state index >= 15 is 0 Å². The maximum absolute atomic E-state index is 13.1. The average molecular weight is 349 g/mol. The van der Waals surface area contributed by atoms with Crippen LogP contribution in [0.3, 0.4) is 0 Å². The fourth-order valence-corrected chi connectivity index (χ4v) is 3.02. The molecule has 24 heavy (non-hydrogen) atoms. The van der Waals surface area contributed by atoms with Gasteiger partial charge in [0, 0.05) is 19.7 Å². The highest BCUT2D eigenvalue weighted by Gasteiger charge is 2.39. The first-order valence-electron chi connectivity index (χ1n) is 7.25. The molecule has 1 N–H and O–H groups in total. The maximum atomic E-state index is 13.1. The molecule has 0 bridgehead atoms. The quantitative estimate of drug-likeness (QED) is 0.920. The summed E-state index contributed by atoms with van der Waals surface area (Å²) in [5.74, 6) is -0.954. The van der Waals surface area contributed by atoms with Crippen molar-refractivity contribution in [2.75, 3.05) is 7.05 Å². The van der Waals surface area contributed by atoms with Crippen molar-refractivity contribution in [2.24, 2.45) is 0 Å². The SMILES string of the molecule is CN1C(=O)CC(NC(=O)c2ncncc2Cl)C1c1ccc(F)cc1. The van der Waals surface area contributed by atoms with Crippen LogP contribution in [0.15, 0.2) is 36.8 Å². The minimum Gasteiger partial charge on any atom is -0.345 e. The van der Waals surface area contributed by atoms with Crippen molar-refractivity contribution in [3.8, 4) is 0 Å². The molecule has 1 aliphatic heterocycles. The summed E-state index contributed by atoms with van der Waals surface area (Å²) in [7, 11) is 1.65. The molecule has 0 radical (unpaired) electrons. The summed E-state index contributed by atoms with van der Waals surface area (Å²) < 4.78 is 13.1. The van der Waals surface area contributed by atoms with Crippen molar-refractivity contribution in [3.05, 3.63) is 58.9 Å². The minimum atomic E-state index is -0.484. The monoisotopic (exact) mass is 348 g/mol. The molecular weight excluding hydrogens is 335 g/mol. The van der Waals surface area contributed by atoms with Crippen LogP contribution < -0.4 is 5.32 Å². The number of rotatable bonds is 3. The van der Waals surface area contributed by atoms with Gasteiger partial charge in [-0.05, 0) is 17.7 Å². The number of likely N-dealkylation sites (N-methyl/N-ethyl adjacent to an activating group) is 1. The second-order valence-electron chi connectivity index (χ2n) is 5.50. The number of halogens is 2. The molecule has 2 unspecified atom stereocenters. The Hall–Kier alpha value is -2.54. The van der Waals surface area contributed by atoms with Crippen LogP contribution in [0.5, 0.6) is 0 Å². The standard InChI is InChI=1S/C16H14ClFN4O2/c1-22-13(23)6-12(15(22)9-2-4-10(18)5-3-9)21-16(24)14-11(17)7-19-8-20-14/h2-5,7-8,12,15H,6H2,1H3,(H,21,24). The molecule has 1 aromatic carbocycles. The van der Waals surface area contributed by atoms with Crippen molar-refractivity contribution in [3.63, 3.8) is 0 Å². The smallest absolute Gasteiger partial charge is 0.271 e. The van der Waals surface area contributed by atoms with Crippen molar-refractivity contribution in [1.29, 1.82) is 0 Å². The van der Waals surface area contributed by atoms with Crippen LogP contribution in [-0.4, -0.2) is 39.8 Å². The van der Waals surface area contributed by atoms with Gasteiger partial charge in [0.25, 0.3) is 5.91 Å². The molecule has 2 aromatic rings. The highest BCUT2D eigenvalue weighted by atomic mass is 35.5. The molecule has 6 nitrogen and oxygen atoms in total. The third kappa shape index (κ3) is 3.07. The van der Waals surface area contributed by atoms with Crippen molar-refractivity contribution < 1.29 is 14.0 Å². The number of benzene rings is 1. The molecule has 0 aliphatic carbocycles. The van der Waals surface area contributed by atoms with E-state index in [1.54, 1.807) is 24.1 Å². The topological polar surface area (TPSA) is 75.2 Å². The summed E-state index contributed by atoms with van der Waals surface area (Å²) in [5, 5.41) is 2.92. The van der Waals surface area contributed by atoms with Gasteiger partial charge in [-0.25, -0.2) is 14.4 Å². The van der Waals surface area contributed by atoms with Crippen molar-refractivity contribution in [1.82, 2.24) is 20.2 Å². The first-order chi connectivity index (χ1) is 11.5. The van der Waals surface area contributed by atoms with E-state index in [0.29, 0.717) is 0 Å². The average Bonchev–Trinajstić information content (AvgIpc) is 2.83. The zero-order valence-corrected chi connectivity index (χ0v) is 13.5. The van der Waals surface area contributed by atoms with Crippen LogP contribution in [0.2, 0.25) is 5.02 Å². The summed E-state index contributed by atoms with van der Waals surface area (Å²) in [4.78, 5) is 33.6. The molecule has 3 rings (SSSR count). The van der Waals surface area contributed by atoms with E-state index in [1.165, 1.54) is 24.7 Å². The number of hydrogen-bond donors (Lipinski definition) is 1. The number of nitrogens with one attached hydrogen (secondary N) is 1. The zero-order valence-electron chi connectivity index (χ0n) is 12.7. The molecule has 124 valence electrons. The van der Waals surface area contributed by atoms with Gasteiger partial charge in [-0.1, -0.05) is 23.7 Å². The number of carbonyl (C=O) groups excluding carboxylic acids is 2. The minimum absolute atomic E-state index is 0.0477. The number of hydrogen-bond acceptors (Lipinski definition) is 4. The number of carbonyl (C=O) groups is 2. The largest absolute Gasteiger partial charge is 0.345 e. The van der Waals surface area contributed by atoms with Crippen LogP contribution in [0.4, 0.5) is 4.39 Å². The second kappa shape index (κ2) is 6.52. The molecular formula is C16H14ClFN4O2. The Kier molecular flexibility index (Phi) is 4.44. The third-order valence-electron chi connectivity index (χ3n) is 4.00. The molecule has 2 amide bonds. The number of aromatic nitrogens is 2. The predicted molar refractivity (Wildman–Crippen MR) is 84.8 cm³/mol. The van der Waals surface area contributed by atoms with Gasteiger partial charge in [0.05, 0.1) is 17.1 Å². The summed E-state index contributed by atoms with van der Waals surface area (Å²) in [6.07, 6.45) is 2.70. The molecule has 1 aliphatic rings. The lowest BCUT2D eigenvalue weighted by molar-refractivity contribution is -0.127. The van der Waals surface area contributed by atoms with E-state index < -0.39 is 11.9 Å². The summed E-state index contributed by atoms with van der Waals surface area (Å²) in [6, 6.07) is 5.00. The first kappa shape index (κ1) is 16.3. The van der Waals surface area contributed by atoms with Crippen LogP contribution in [0.25, 0.3) is 0 Å². The Labute approximate surface area is 142 Å². The van der Waals surface area contributed by atoms with Gasteiger partial charge in [0.2, 0.25) is 5.91 Å². The molecule has 1 fully saturated rings. The molecule has 0 spiro atoms. The maximum Gasteiger partial charge on any atom is 0.271 e. The van der Waals surface area contributed by atoms with E-state index in [9.17, 15) is 14.0 Å². The number of amides is 2. The van der Waals surface area contributed by atoms with E-state index in [4.69, 9.17) is 11.6 Å². The van der Waals surface area contributed by atoms with Crippen LogP contribution >= 0.6 is 11.6 Å². The van der Waals surface area contributed by atoms with E-state index in [1.807, 2.05) is 0 Å². The van der Waals surface area contributed by atoms with Crippen LogP contribution in [0, 0.1) is 5.82 Å². The molecule has 0 saturated carbocycles. The molecule has 1 saturated heterocycles. The zero-order chi connectivity index (χ0) is 17.3. The fraction of sp³-hybridized carbons (Fsp3) is 0.250. The van der Waals surface area contributed by atoms with Gasteiger partial charge >= 0.3 is 0 Å². The Balaban J connectivity index is 1.85. The second-order valence-corrected chi connectivity index (χ2v) is 5.91. The van der Waals surface area contributed by atoms with Crippen molar-refractivity contribution >= 4 is 23.4 Å². The van der Waals surface area contributed by atoms with Gasteiger partial charge in [0.1, 0.15) is 17.8 Å². The highest BCUT2D eigenvalue weighted by Crippen LogP contribution is 2.32. The normalized spacial score (nSPS) is 20.3. The Morgan fingerprint density at radius 1 is 1.38 bits per heavy atom. The molecule has 2 atom stereocenters. The Morgan fingerprint density at radius 3 is 2.75 bits per heavy atom. The van der Waals surface area contributed by atoms with Gasteiger partial charge in [-0.15, -0.1) is 0 Å². The molecule has 1 aromatic heterocycles. The fourth-order valence-electron chi connectivity index (χ4n) is 2.83. The summed E-state index contributed by atoms with van der Waals surface area (Å²) in [5.41, 5.74) is 0.787. The molecule has 8 heteroatoms. The predicted octanol–water partition coefficient (Wildman–Crippen LogP) is 1.97. The first-order valence-corrected chi connectivity index (χ1v) is 7.62. The van der Waals surface area contributed by atoms with E-state index in [2.05, 4.69) is 15.3 Å². The van der Waals surface area contributed by atoms with Crippen LogP contribution in [0.1, 0.15) is 28.5 Å². The van der Waals surface area contributed by atoms with Gasteiger partial charge < -0.3 is 10.2 Å². The Bertz CT molecular complexity index is 784. The van der Waals surface area contributed by atoms with Gasteiger partial charge in [0.15, 0.2) is 0 Å². The lowest BCUT2D eigenvalue weighted by Crippen LogP contribution is -2.39. The lowest BCUT2D eigenvalue weighted by Gasteiger charge is -2.26. The van der Waals surface area contributed by atoms with Crippen molar-refractivity contribution in [2.45, 2.75) is 18.5 Å². The van der Waals surface area contributed by atoms with Crippen LogP contribution in [-0.2, 0) is 4.79 Å². The van der Waals surface area contributed by atoms with E-state index in [0.717, 1.165) is 5.56 Å². The van der Waals surface area contributed by atoms with Gasteiger partial charge in [-0.2, -0.15) is 0 Å². The summed E-state index contributed by atoms with van der Waals surface area (Å²) in [6.45, 7) is 0. The van der Waals surface area contributed by atoms with Gasteiger partial charge in [-0.3, -0.25) is 9.59 Å². The number of nitrogens with zero attached hydrogens (tertiary/aromatic N) is 3. The highest BCUT2D eigenvalue weighted by molar-refractivity contribution is 6.33. The van der Waals surface area contributed by atoms with E-state index in [-0.39, 0.29) is 34.9 Å². The number of likely N-dealkylation sites (tertiary alicyclic amines) is 1. The Morgan fingerprint density at radius 2 is 2.08 bits per heavy atom.